The van der Waals surface area contributed by atoms with Crippen LogP contribution in [0.25, 0.3) is 15.8 Å². The van der Waals surface area contributed by atoms with Crippen LogP contribution in [0.15, 0.2) is 71.4 Å². The van der Waals surface area contributed by atoms with Crippen molar-refractivity contribution < 1.29 is 13.5 Å². The fourth-order valence-electron chi connectivity index (χ4n) is 4.54. The first-order valence-electron chi connectivity index (χ1n) is 9.61. The zero-order valence-electron chi connectivity index (χ0n) is 15.4. The van der Waals surface area contributed by atoms with Crippen molar-refractivity contribution in [2.45, 2.75) is 23.8 Å². The summed E-state index contributed by atoms with van der Waals surface area (Å²) in [7, 11) is -3.81. The van der Waals surface area contributed by atoms with Gasteiger partial charge in [0.05, 0.1) is 16.7 Å². The Hall–Kier alpha value is -2.57. The molecule has 0 amide bonds. The second-order valence-corrected chi connectivity index (χ2v) is 9.43. The molecule has 2 aromatic carbocycles. The lowest BCUT2D eigenvalue weighted by Crippen LogP contribution is -2.49. The largest absolute Gasteiger partial charge is 0.387 e. The lowest BCUT2D eigenvalue weighted by atomic mass is 9.83. The van der Waals surface area contributed by atoms with Crippen molar-refractivity contribution in [3.63, 3.8) is 0 Å². The highest BCUT2D eigenvalue weighted by molar-refractivity contribution is 8.00. The quantitative estimate of drug-likeness (QED) is 0.714. The molecule has 4 heterocycles. The van der Waals surface area contributed by atoms with E-state index in [0.717, 1.165) is 36.8 Å². The van der Waals surface area contributed by atoms with Gasteiger partial charge in [0.15, 0.2) is 0 Å². The Labute approximate surface area is 164 Å². The monoisotopic (exact) mass is 394 g/mol. The first-order valence-corrected chi connectivity index (χ1v) is 11.1. The molecular formula is C22H22N2O3S. The summed E-state index contributed by atoms with van der Waals surface area (Å²) in [4.78, 5) is 5.73. The van der Waals surface area contributed by atoms with Crippen molar-refractivity contribution in [2.24, 2.45) is 5.92 Å². The van der Waals surface area contributed by atoms with Gasteiger partial charge >= 0.3 is 0 Å². The molecule has 1 atom stereocenters. The van der Waals surface area contributed by atoms with Gasteiger partial charge in [-0.15, -0.1) is 0 Å². The van der Waals surface area contributed by atoms with Crippen LogP contribution in [0.2, 0.25) is 0 Å². The maximum Gasteiger partial charge on any atom is 0.209 e. The molecule has 3 saturated heterocycles. The minimum Gasteiger partial charge on any atom is -0.387 e. The van der Waals surface area contributed by atoms with Crippen LogP contribution in [0.4, 0.5) is 0 Å². The Morgan fingerprint density at radius 1 is 1.00 bits per heavy atom. The maximum atomic E-state index is 13.8. The summed E-state index contributed by atoms with van der Waals surface area (Å²) in [6, 6.07) is 16.2. The fourth-order valence-corrected chi connectivity index (χ4v) is 6.28. The number of piperidine rings is 3. The number of benzene rings is 2. The molecule has 6 rings (SSSR count). The van der Waals surface area contributed by atoms with Gasteiger partial charge in [-0.05, 0) is 37.0 Å². The van der Waals surface area contributed by atoms with Gasteiger partial charge in [0, 0.05) is 35.8 Å². The number of aromatic nitrogens is 1. The standard InChI is InChI=1S/C22H22N2O3S/c25-21-15-10-12-24(13-11-15)20(21)22(28(26,27)16-6-2-1-3-7-16)18-14-23-19-9-5-4-8-17(18)19/h1-9,14-15,21,23,25H,10-13H2/t21-/m0/s1. The Bertz CT molecular complexity index is 1150. The average Bonchev–Trinajstić information content (AvgIpc) is 3.15. The first kappa shape index (κ1) is 17.5. The van der Waals surface area contributed by atoms with Crippen LogP contribution in [0, 0.1) is 5.92 Å². The molecular weight excluding hydrogens is 372 g/mol. The number of aliphatic hydroxyl groups excluding tert-OH is 1. The van der Waals surface area contributed by atoms with Crippen molar-refractivity contribution in [3.8, 4) is 0 Å². The maximum absolute atomic E-state index is 13.8. The lowest BCUT2D eigenvalue weighted by Gasteiger charge is -2.46. The van der Waals surface area contributed by atoms with Gasteiger partial charge in [-0.3, -0.25) is 0 Å². The number of hydrogen-bond donors (Lipinski definition) is 2. The number of fused-ring (bicyclic) bond motifs is 4. The highest BCUT2D eigenvalue weighted by Crippen LogP contribution is 2.43. The molecule has 2 N–H and O–H groups in total. The van der Waals surface area contributed by atoms with E-state index in [4.69, 9.17) is 0 Å². The Kier molecular flexibility index (Phi) is 4.07. The normalized spacial score (nSPS) is 24.0. The number of H-pyrrole nitrogens is 1. The van der Waals surface area contributed by atoms with E-state index in [1.54, 1.807) is 36.5 Å². The Morgan fingerprint density at radius 2 is 1.68 bits per heavy atom. The summed E-state index contributed by atoms with van der Waals surface area (Å²) in [5.74, 6) is 0.117. The summed E-state index contributed by atoms with van der Waals surface area (Å²) < 4.78 is 27.6. The van der Waals surface area contributed by atoms with Crippen molar-refractivity contribution in [1.29, 1.82) is 0 Å². The molecule has 0 aliphatic carbocycles. The number of sulfone groups is 1. The van der Waals surface area contributed by atoms with Gasteiger partial charge in [-0.1, -0.05) is 36.4 Å². The summed E-state index contributed by atoms with van der Waals surface area (Å²) in [5.41, 5.74) is 2.06. The van der Waals surface area contributed by atoms with Gasteiger partial charge in [0.1, 0.15) is 4.91 Å². The molecule has 1 aromatic heterocycles. The second kappa shape index (κ2) is 6.50. The predicted molar refractivity (Wildman–Crippen MR) is 109 cm³/mol. The van der Waals surface area contributed by atoms with Gasteiger partial charge in [-0.25, -0.2) is 8.42 Å². The number of para-hydroxylation sites is 1. The summed E-state index contributed by atoms with van der Waals surface area (Å²) >= 11 is 0. The highest BCUT2D eigenvalue weighted by atomic mass is 32.2. The third-order valence-electron chi connectivity index (χ3n) is 6.00. The van der Waals surface area contributed by atoms with Crippen LogP contribution in [-0.4, -0.2) is 42.6 Å². The molecule has 3 fully saturated rings. The lowest BCUT2D eigenvalue weighted by molar-refractivity contribution is 0.0211. The summed E-state index contributed by atoms with van der Waals surface area (Å²) in [6.45, 7) is 1.57. The van der Waals surface area contributed by atoms with E-state index in [0.29, 0.717) is 11.3 Å². The van der Waals surface area contributed by atoms with Gasteiger partial charge in [0.25, 0.3) is 0 Å². The van der Waals surface area contributed by atoms with Crippen LogP contribution in [-0.2, 0) is 9.84 Å². The molecule has 2 bridgehead atoms. The van der Waals surface area contributed by atoms with Crippen LogP contribution in [0.5, 0.6) is 0 Å². The van der Waals surface area contributed by atoms with Crippen molar-refractivity contribution in [3.05, 3.63) is 72.1 Å². The molecule has 0 spiro atoms. The number of aromatic amines is 1. The average molecular weight is 394 g/mol. The zero-order valence-corrected chi connectivity index (χ0v) is 16.2. The SMILES string of the molecule is O=S(=O)(C(=C1[C@@H](O)C2CCN1CC2)c1c[nH]c2ccccc12)c1ccccc1. The van der Waals surface area contributed by atoms with Crippen LogP contribution < -0.4 is 0 Å². The smallest absolute Gasteiger partial charge is 0.209 e. The molecule has 3 aliphatic heterocycles. The minimum atomic E-state index is -3.81. The highest BCUT2D eigenvalue weighted by Gasteiger charge is 2.42. The van der Waals surface area contributed by atoms with E-state index < -0.39 is 15.9 Å². The third kappa shape index (κ3) is 2.59. The molecule has 5 nitrogen and oxygen atoms in total. The van der Waals surface area contributed by atoms with E-state index in [9.17, 15) is 13.5 Å². The van der Waals surface area contributed by atoms with E-state index in [-0.39, 0.29) is 15.7 Å². The molecule has 0 unspecified atom stereocenters. The molecule has 3 aromatic rings. The molecule has 0 radical (unpaired) electrons. The first-order chi connectivity index (χ1) is 13.6. The summed E-state index contributed by atoms with van der Waals surface area (Å²) in [6.07, 6.45) is 2.79. The molecule has 6 heteroatoms. The van der Waals surface area contributed by atoms with E-state index in [1.165, 1.54) is 0 Å². The molecule has 3 aliphatic rings. The van der Waals surface area contributed by atoms with Gasteiger partial charge in [0.2, 0.25) is 9.84 Å². The second-order valence-electron chi connectivity index (χ2n) is 7.55. The predicted octanol–water partition coefficient (Wildman–Crippen LogP) is 3.40. The number of aliphatic hydroxyl groups is 1. The molecule has 28 heavy (non-hydrogen) atoms. The molecule has 0 saturated carbocycles. The summed E-state index contributed by atoms with van der Waals surface area (Å²) in [5, 5.41) is 11.9. The van der Waals surface area contributed by atoms with Gasteiger partial charge < -0.3 is 15.0 Å². The number of nitrogens with one attached hydrogen (secondary N) is 1. The van der Waals surface area contributed by atoms with Crippen LogP contribution >= 0.6 is 0 Å². The topological polar surface area (TPSA) is 73.4 Å². The van der Waals surface area contributed by atoms with Crippen molar-refractivity contribution in [2.75, 3.05) is 13.1 Å². The minimum absolute atomic E-state index is 0.117. The van der Waals surface area contributed by atoms with Crippen LogP contribution in [0.3, 0.4) is 0 Å². The van der Waals surface area contributed by atoms with Crippen molar-refractivity contribution in [1.82, 2.24) is 9.88 Å². The fraction of sp³-hybridized carbons (Fsp3) is 0.273. The van der Waals surface area contributed by atoms with E-state index >= 15 is 0 Å². The van der Waals surface area contributed by atoms with E-state index in [2.05, 4.69) is 9.88 Å². The Balaban J connectivity index is 1.83. The number of hydrogen-bond acceptors (Lipinski definition) is 4. The Morgan fingerprint density at radius 3 is 2.39 bits per heavy atom. The van der Waals surface area contributed by atoms with Crippen LogP contribution in [0.1, 0.15) is 18.4 Å². The molecule has 144 valence electrons. The number of rotatable bonds is 3. The van der Waals surface area contributed by atoms with Crippen molar-refractivity contribution >= 4 is 25.6 Å². The third-order valence-corrected chi connectivity index (χ3v) is 7.85. The zero-order chi connectivity index (χ0) is 19.3. The van der Waals surface area contributed by atoms with Gasteiger partial charge in [-0.2, -0.15) is 0 Å². The number of nitrogens with zero attached hydrogens (tertiary/aromatic N) is 1. The van der Waals surface area contributed by atoms with E-state index in [1.807, 2.05) is 24.3 Å².